The quantitative estimate of drug-likeness (QED) is 0.660. The molecule has 0 radical (unpaired) electrons. The number of rotatable bonds is 4. The molecule has 2 aromatic rings. The third kappa shape index (κ3) is 3.59. The zero-order valence-corrected chi connectivity index (χ0v) is 11.6. The summed E-state index contributed by atoms with van der Waals surface area (Å²) in [6.07, 6.45) is 0. The van der Waals surface area contributed by atoms with Crippen molar-refractivity contribution in [1.82, 2.24) is 0 Å². The van der Waals surface area contributed by atoms with Crippen LogP contribution in [-0.4, -0.2) is 4.92 Å². The summed E-state index contributed by atoms with van der Waals surface area (Å²) in [5.74, 6) is -0.456. The van der Waals surface area contributed by atoms with Crippen molar-refractivity contribution in [2.45, 2.75) is 6.54 Å². The van der Waals surface area contributed by atoms with Crippen LogP contribution in [0.5, 0.6) is 0 Å². The smallest absolute Gasteiger partial charge is 0.288 e. The summed E-state index contributed by atoms with van der Waals surface area (Å²) < 4.78 is 13.1. The van der Waals surface area contributed by atoms with E-state index in [4.69, 9.17) is 23.2 Å². The number of nitro groups is 1. The third-order valence-corrected chi connectivity index (χ3v) is 3.10. The summed E-state index contributed by atoms with van der Waals surface area (Å²) in [5.41, 5.74) is 0.984. The van der Waals surface area contributed by atoms with Gasteiger partial charge >= 0.3 is 0 Å². The highest BCUT2D eigenvalue weighted by atomic mass is 35.5. The van der Waals surface area contributed by atoms with Crippen LogP contribution < -0.4 is 5.32 Å². The molecule has 4 nitrogen and oxygen atoms in total. The van der Waals surface area contributed by atoms with Crippen molar-refractivity contribution in [3.63, 3.8) is 0 Å². The van der Waals surface area contributed by atoms with Gasteiger partial charge in [-0.3, -0.25) is 10.1 Å². The van der Waals surface area contributed by atoms with Crippen LogP contribution in [0, 0.1) is 15.9 Å². The van der Waals surface area contributed by atoms with Gasteiger partial charge in [-0.2, -0.15) is 0 Å². The van der Waals surface area contributed by atoms with Crippen LogP contribution in [0.1, 0.15) is 5.56 Å². The fraction of sp³-hybridized carbons (Fsp3) is 0.0769. The molecule has 0 bridgehead atoms. The van der Waals surface area contributed by atoms with E-state index in [1.807, 2.05) is 0 Å². The third-order valence-electron chi connectivity index (χ3n) is 2.57. The molecule has 20 heavy (non-hydrogen) atoms. The Labute approximate surface area is 124 Å². The monoisotopic (exact) mass is 314 g/mol. The van der Waals surface area contributed by atoms with Gasteiger partial charge in [-0.05, 0) is 29.8 Å². The number of hydrogen-bond acceptors (Lipinski definition) is 3. The van der Waals surface area contributed by atoms with E-state index in [2.05, 4.69) is 5.32 Å². The van der Waals surface area contributed by atoms with E-state index in [1.54, 1.807) is 12.1 Å². The molecule has 0 saturated carbocycles. The summed E-state index contributed by atoms with van der Waals surface area (Å²) in [6.45, 7) is 0.289. The van der Waals surface area contributed by atoms with Crippen molar-refractivity contribution in [2.24, 2.45) is 0 Å². The maximum atomic E-state index is 13.1. The zero-order valence-electron chi connectivity index (χ0n) is 10.1. The minimum atomic E-state index is -0.551. The summed E-state index contributed by atoms with van der Waals surface area (Å²) in [7, 11) is 0. The maximum Gasteiger partial charge on any atom is 0.288 e. The first-order valence-corrected chi connectivity index (χ1v) is 6.34. The number of anilines is 1. The molecule has 0 aromatic heterocycles. The van der Waals surface area contributed by atoms with E-state index in [9.17, 15) is 14.5 Å². The molecule has 7 heteroatoms. The lowest BCUT2D eigenvalue weighted by atomic mass is 10.2. The van der Waals surface area contributed by atoms with Crippen LogP contribution in [0.15, 0.2) is 36.4 Å². The molecule has 0 amide bonds. The SMILES string of the molecule is O=[N+]([O-])c1cc(CNc2cc(F)cc(Cl)c2)ccc1Cl. The van der Waals surface area contributed by atoms with Gasteiger partial charge in [-0.15, -0.1) is 0 Å². The molecule has 0 aliphatic rings. The summed E-state index contributed by atoms with van der Waals surface area (Å²) in [4.78, 5) is 10.2. The Morgan fingerprint density at radius 2 is 1.95 bits per heavy atom. The molecule has 0 heterocycles. The Morgan fingerprint density at radius 3 is 2.60 bits per heavy atom. The second-order valence-electron chi connectivity index (χ2n) is 4.05. The first kappa shape index (κ1) is 14.6. The highest BCUT2D eigenvalue weighted by Gasteiger charge is 2.12. The molecule has 1 N–H and O–H groups in total. The summed E-state index contributed by atoms with van der Waals surface area (Å²) in [5, 5.41) is 14.1. The minimum Gasteiger partial charge on any atom is -0.381 e. The Balaban J connectivity index is 2.14. The van der Waals surface area contributed by atoms with Crippen molar-refractivity contribution < 1.29 is 9.31 Å². The Kier molecular flexibility index (Phi) is 4.42. The molecule has 2 rings (SSSR count). The molecule has 0 unspecified atom stereocenters. The minimum absolute atomic E-state index is 0.0764. The van der Waals surface area contributed by atoms with E-state index in [0.717, 1.165) is 0 Å². The average Bonchev–Trinajstić information content (AvgIpc) is 2.36. The van der Waals surface area contributed by atoms with Crippen molar-refractivity contribution in [2.75, 3.05) is 5.32 Å². The molecule has 2 aromatic carbocycles. The predicted octanol–water partition coefficient (Wildman–Crippen LogP) is 4.65. The molecule has 0 fully saturated rings. The van der Waals surface area contributed by atoms with Gasteiger partial charge in [0.1, 0.15) is 10.8 Å². The van der Waals surface area contributed by atoms with Crippen LogP contribution in [0.3, 0.4) is 0 Å². The summed E-state index contributed by atoms with van der Waals surface area (Å²) in [6, 6.07) is 8.53. The van der Waals surface area contributed by atoms with Gasteiger partial charge in [0.15, 0.2) is 0 Å². The molecule has 0 atom stereocenters. The fourth-order valence-electron chi connectivity index (χ4n) is 1.67. The topological polar surface area (TPSA) is 55.2 Å². The lowest BCUT2D eigenvalue weighted by molar-refractivity contribution is -0.384. The van der Waals surface area contributed by atoms with Crippen LogP contribution in [0.25, 0.3) is 0 Å². The number of nitrogens with one attached hydrogen (secondary N) is 1. The predicted molar refractivity (Wildman–Crippen MR) is 76.8 cm³/mol. The van der Waals surface area contributed by atoms with Gasteiger partial charge in [-0.25, -0.2) is 4.39 Å². The van der Waals surface area contributed by atoms with E-state index >= 15 is 0 Å². The highest BCUT2D eigenvalue weighted by Crippen LogP contribution is 2.26. The Bertz CT molecular complexity index is 645. The first-order chi connectivity index (χ1) is 9.45. The van der Waals surface area contributed by atoms with Crippen molar-refractivity contribution in [3.8, 4) is 0 Å². The second kappa shape index (κ2) is 6.07. The van der Waals surface area contributed by atoms with Crippen LogP contribution in [0.4, 0.5) is 15.8 Å². The molecule has 0 spiro atoms. The standard InChI is InChI=1S/C13H9Cl2FN2O2/c14-9-4-10(16)6-11(5-9)17-7-8-1-2-12(15)13(3-8)18(19)20/h1-6,17H,7H2. The van der Waals surface area contributed by atoms with Crippen molar-refractivity contribution in [3.05, 3.63) is 67.9 Å². The Morgan fingerprint density at radius 1 is 1.20 bits per heavy atom. The Hall–Kier alpha value is -1.85. The summed E-state index contributed by atoms with van der Waals surface area (Å²) >= 11 is 11.5. The average molecular weight is 315 g/mol. The maximum absolute atomic E-state index is 13.1. The molecule has 0 aliphatic heterocycles. The van der Waals surface area contributed by atoms with Gasteiger partial charge in [0, 0.05) is 23.3 Å². The second-order valence-corrected chi connectivity index (χ2v) is 4.90. The zero-order chi connectivity index (χ0) is 14.7. The largest absolute Gasteiger partial charge is 0.381 e. The van der Waals surface area contributed by atoms with E-state index in [-0.39, 0.29) is 22.3 Å². The molecule has 0 aliphatic carbocycles. The fourth-order valence-corrected chi connectivity index (χ4v) is 2.08. The highest BCUT2D eigenvalue weighted by molar-refractivity contribution is 6.32. The van der Waals surface area contributed by atoms with Gasteiger partial charge < -0.3 is 5.32 Å². The first-order valence-electron chi connectivity index (χ1n) is 5.58. The van der Waals surface area contributed by atoms with Gasteiger partial charge in [0.05, 0.1) is 4.92 Å². The lowest BCUT2D eigenvalue weighted by Gasteiger charge is -2.07. The van der Waals surface area contributed by atoms with Crippen LogP contribution in [-0.2, 0) is 6.54 Å². The molecule has 0 saturated heterocycles. The number of benzene rings is 2. The van der Waals surface area contributed by atoms with Crippen molar-refractivity contribution in [1.29, 1.82) is 0 Å². The molecular weight excluding hydrogens is 306 g/mol. The van der Waals surface area contributed by atoms with E-state index in [0.29, 0.717) is 11.3 Å². The number of hydrogen-bond donors (Lipinski definition) is 1. The normalized spacial score (nSPS) is 10.3. The number of nitrogens with zero attached hydrogens (tertiary/aromatic N) is 1. The lowest BCUT2D eigenvalue weighted by Crippen LogP contribution is -2.01. The van der Waals surface area contributed by atoms with Crippen LogP contribution in [0.2, 0.25) is 10.0 Å². The van der Waals surface area contributed by atoms with E-state index in [1.165, 1.54) is 24.3 Å². The van der Waals surface area contributed by atoms with Gasteiger partial charge in [0.25, 0.3) is 5.69 Å². The van der Waals surface area contributed by atoms with Crippen molar-refractivity contribution >= 4 is 34.6 Å². The number of halogens is 3. The van der Waals surface area contributed by atoms with Crippen LogP contribution >= 0.6 is 23.2 Å². The van der Waals surface area contributed by atoms with Gasteiger partial charge in [0.2, 0.25) is 0 Å². The molecule has 104 valence electrons. The van der Waals surface area contributed by atoms with Gasteiger partial charge in [-0.1, -0.05) is 29.3 Å². The van der Waals surface area contributed by atoms with E-state index < -0.39 is 10.7 Å². The number of nitro benzene ring substituents is 1. The molecular formula is C13H9Cl2FN2O2.